The van der Waals surface area contributed by atoms with Gasteiger partial charge in [-0.2, -0.15) is 5.10 Å². The molecule has 0 aromatic carbocycles. The fourth-order valence-electron chi connectivity index (χ4n) is 1.77. The highest BCUT2D eigenvalue weighted by molar-refractivity contribution is 8.04. The minimum atomic E-state index is -0.767. The average molecular weight is 324 g/mol. The van der Waals surface area contributed by atoms with E-state index in [0.717, 1.165) is 17.8 Å². The number of aromatic amines is 1. The van der Waals surface area contributed by atoms with E-state index in [4.69, 9.17) is 4.74 Å². The molecule has 1 aromatic rings. The zero-order valence-electron chi connectivity index (χ0n) is 11.8. The summed E-state index contributed by atoms with van der Waals surface area (Å²) in [6.07, 6.45) is 1.09. The van der Waals surface area contributed by atoms with Crippen LogP contribution in [-0.2, 0) is 14.3 Å². The highest BCUT2D eigenvalue weighted by atomic mass is 32.2. The molecule has 1 aliphatic rings. The lowest BCUT2D eigenvalue weighted by atomic mass is 9.99. The fourth-order valence-corrected chi connectivity index (χ4v) is 2.59. The Labute approximate surface area is 129 Å². The molecule has 0 unspecified atom stereocenters. The Morgan fingerprint density at radius 1 is 1.36 bits per heavy atom. The van der Waals surface area contributed by atoms with Crippen LogP contribution in [0.5, 0.6) is 0 Å². The molecule has 0 spiro atoms. The molecule has 0 saturated carbocycles. The van der Waals surface area contributed by atoms with Gasteiger partial charge in [0.05, 0.1) is 29.9 Å². The number of nitrogens with zero attached hydrogens (tertiary/aromatic N) is 1. The van der Waals surface area contributed by atoms with E-state index in [1.165, 1.54) is 7.11 Å². The second kappa shape index (κ2) is 6.56. The molecule has 22 heavy (non-hydrogen) atoms. The Morgan fingerprint density at radius 3 is 2.73 bits per heavy atom. The SMILES string of the molecule is CCOC(=O)c1[nH]nc2c1C(=O)C(SCC(=O)OC)=CC2=O. The molecule has 0 amide bonds. The Kier molecular flexibility index (Phi) is 4.76. The molecule has 9 heteroatoms. The van der Waals surface area contributed by atoms with Crippen molar-refractivity contribution in [2.24, 2.45) is 0 Å². The van der Waals surface area contributed by atoms with Crippen LogP contribution < -0.4 is 0 Å². The molecule has 8 nitrogen and oxygen atoms in total. The summed E-state index contributed by atoms with van der Waals surface area (Å²) in [6.45, 7) is 1.74. The average Bonchev–Trinajstić information content (AvgIpc) is 2.95. The largest absolute Gasteiger partial charge is 0.468 e. The molecule has 0 aliphatic heterocycles. The lowest BCUT2D eigenvalue weighted by Gasteiger charge is -2.11. The van der Waals surface area contributed by atoms with E-state index in [-0.39, 0.29) is 34.2 Å². The Morgan fingerprint density at radius 2 is 2.09 bits per heavy atom. The quantitative estimate of drug-likeness (QED) is 0.789. The van der Waals surface area contributed by atoms with Crippen LogP contribution in [0.4, 0.5) is 0 Å². The van der Waals surface area contributed by atoms with Gasteiger partial charge in [0.2, 0.25) is 11.6 Å². The molecule has 116 valence electrons. The first-order chi connectivity index (χ1) is 10.5. The van der Waals surface area contributed by atoms with E-state index >= 15 is 0 Å². The number of H-pyrrole nitrogens is 1. The van der Waals surface area contributed by atoms with Gasteiger partial charge in [-0.15, -0.1) is 11.8 Å². The molecule has 1 aliphatic carbocycles. The molecule has 1 aromatic heterocycles. The topological polar surface area (TPSA) is 115 Å². The van der Waals surface area contributed by atoms with Gasteiger partial charge in [0.1, 0.15) is 5.69 Å². The Hall–Kier alpha value is -2.42. The van der Waals surface area contributed by atoms with Crippen molar-refractivity contribution >= 4 is 35.3 Å². The van der Waals surface area contributed by atoms with Crippen molar-refractivity contribution in [2.75, 3.05) is 19.5 Å². The number of methoxy groups -OCH3 is 1. The number of Topliss-reactive ketones (excluding diaryl/α,β-unsaturated/α-hetero) is 1. The number of thioether (sulfide) groups is 1. The number of carbonyl (C=O) groups excluding carboxylic acids is 4. The predicted octanol–water partition coefficient (Wildman–Crippen LogP) is 0.756. The number of ketones is 2. The summed E-state index contributed by atoms with van der Waals surface area (Å²) in [4.78, 5) is 47.3. The number of fused-ring (bicyclic) bond motifs is 1. The van der Waals surface area contributed by atoms with Crippen LogP contribution in [0, 0.1) is 0 Å². The van der Waals surface area contributed by atoms with Gasteiger partial charge in [0.15, 0.2) is 5.69 Å². The van der Waals surface area contributed by atoms with Crippen molar-refractivity contribution in [2.45, 2.75) is 6.92 Å². The maximum atomic E-state index is 12.4. The first-order valence-electron chi connectivity index (χ1n) is 6.25. The lowest BCUT2D eigenvalue weighted by Crippen LogP contribution is -2.19. The number of ether oxygens (including phenoxy) is 2. The number of rotatable bonds is 5. The monoisotopic (exact) mass is 324 g/mol. The van der Waals surface area contributed by atoms with Crippen LogP contribution in [0.2, 0.25) is 0 Å². The van der Waals surface area contributed by atoms with Crippen LogP contribution >= 0.6 is 11.8 Å². The number of esters is 2. The second-order valence-electron chi connectivity index (χ2n) is 4.11. The first-order valence-corrected chi connectivity index (χ1v) is 7.24. The Balaban J connectivity index is 2.31. The third-order valence-electron chi connectivity index (χ3n) is 2.77. The Bertz CT molecular complexity index is 691. The third-order valence-corrected chi connectivity index (χ3v) is 3.76. The molecule has 0 radical (unpaired) electrons. The summed E-state index contributed by atoms with van der Waals surface area (Å²) in [5.74, 6) is -2.50. The number of nitrogens with one attached hydrogen (secondary N) is 1. The summed E-state index contributed by atoms with van der Waals surface area (Å²) in [5, 5.41) is 6.05. The van der Waals surface area contributed by atoms with Crippen molar-refractivity contribution in [3.8, 4) is 0 Å². The molecule has 0 fully saturated rings. The van der Waals surface area contributed by atoms with Crippen LogP contribution in [0.1, 0.15) is 38.3 Å². The zero-order valence-corrected chi connectivity index (χ0v) is 12.6. The molecular weight excluding hydrogens is 312 g/mol. The van der Waals surface area contributed by atoms with Crippen molar-refractivity contribution < 1.29 is 28.7 Å². The van der Waals surface area contributed by atoms with Crippen molar-refractivity contribution in [3.63, 3.8) is 0 Å². The van der Waals surface area contributed by atoms with Crippen molar-refractivity contribution in [1.82, 2.24) is 10.2 Å². The minimum absolute atomic E-state index is 0.0508. The van der Waals surface area contributed by atoms with Gasteiger partial charge in [0.25, 0.3) is 0 Å². The lowest BCUT2D eigenvalue weighted by molar-refractivity contribution is -0.137. The number of aromatic nitrogens is 2. The van der Waals surface area contributed by atoms with Gasteiger partial charge in [-0.1, -0.05) is 0 Å². The number of hydrogen-bond acceptors (Lipinski definition) is 8. The minimum Gasteiger partial charge on any atom is -0.468 e. The second-order valence-corrected chi connectivity index (χ2v) is 5.13. The van der Waals surface area contributed by atoms with E-state index in [1.807, 2.05) is 0 Å². The van der Waals surface area contributed by atoms with E-state index in [0.29, 0.717) is 0 Å². The predicted molar refractivity (Wildman–Crippen MR) is 75.8 cm³/mol. The summed E-state index contributed by atoms with van der Waals surface area (Å²) >= 11 is 0.865. The van der Waals surface area contributed by atoms with Crippen molar-refractivity contribution in [1.29, 1.82) is 0 Å². The van der Waals surface area contributed by atoms with Gasteiger partial charge in [-0.05, 0) is 6.92 Å². The summed E-state index contributed by atoms with van der Waals surface area (Å²) in [5.41, 5.74) is -0.423. The molecule has 0 atom stereocenters. The number of allylic oxidation sites excluding steroid dienone is 2. The van der Waals surface area contributed by atoms with Crippen molar-refractivity contribution in [3.05, 3.63) is 27.9 Å². The van der Waals surface area contributed by atoms with Crippen LogP contribution in [0.15, 0.2) is 11.0 Å². The van der Waals surface area contributed by atoms with Crippen LogP contribution in [0.25, 0.3) is 0 Å². The summed E-state index contributed by atoms with van der Waals surface area (Å²) in [6, 6.07) is 0. The van der Waals surface area contributed by atoms with Gasteiger partial charge in [-0.3, -0.25) is 19.5 Å². The highest BCUT2D eigenvalue weighted by Crippen LogP contribution is 2.29. The van der Waals surface area contributed by atoms with Gasteiger partial charge < -0.3 is 9.47 Å². The summed E-state index contributed by atoms with van der Waals surface area (Å²) < 4.78 is 9.29. The molecule has 0 bridgehead atoms. The normalized spacial score (nSPS) is 13.5. The maximum absolute atomic E-state index is 12.4. The van der Waals surface area contributed by atoms with E-state index in [1.54, 1.807) is 6.92 Å². The number of hydrogen-bond donors (Lipinski definition) is 1. The molecule has 2 rings (SSSR count). The number of carbonyl (C=O) groups is 4. The standard InChI is InChI=1S/C13H12N2O6S/c1-3-21-13(19)11-9-10(14-15-11)6(16)4-7(12(9)18)22-5-8(17)20-2/h4H,3,5H2,1-2H3,(H,14,15). The van der Waals surface area contributed by atoms with Crippen LogP contribution in [-0.4, -0.2) is 53.2 Å². The van der Waals surface area contributed by atoms with Crippen LogP contribution in [0.3, 0.4) is 0 Å². The summed E-state index contributed by atoms with van der Waals surface area (Å²) in [7, 11) is 1.22. The van der Waals surface area contributed by atoms with Gasteiger partial charge in [0, 0.05) is 6.08 Å². The van der Waals surface area contributed by atoms with E-state index in [2.05, 4.69) is 14.9 Å². The molecule has 1 N–H and O–H groups in total. The van der Waals surface area contributed by atoms with E-state index in [9.17, 15) is 19.2 Å². The smallest absolute Gasteiger partial charge is 0.357 e. The molecule has 0 saturated heterocycles. The molecular formula is C13H12N2O6S. The fraction of sp³-hybridized carbons (Fsp3) is 0.308. The van der Waals surface area contributed by atoms with Gasteiger partial charge in [-0.25, -0.2) is 4.79 Å². The van der Waals surface area contributed by atoms with Gasteiger partial charge >= 0.3 is 11.9 Å². The van der Waals surface area contributed by atoms with E-state index < -0.39 is 23.5 Å². The first kappa shape index (κ1) is 16.0. The molecule has 1 heterocycles. The maximum Gasteiger partial charge on any atom is 0.357 e. The third kappa shape index (κ3) is 2.93. The highest BCUT2D eigenvalue weighted by Gasteiger charge is 2.34. The zero-order chi connectivity index (χ0) is 16.3.